The minimum atomic E-state index is -0.428. The van der Waals surface area contributed by atoms with Gasteiger partial charge in [-0.2, -0.15) is 0 Å². The molecule has 2 aromatic rings. The van der Waals surface area contributed by atoms with Crippen LogP contribution in [0.4, 0.5) is 4.79 Å². The molecule has 0 radical (unpaired) electrons. The lowest BCUT2D eigenvalue weighted by Gasteiger charge is -2.06. The number of alkyl carbamates (subject to hydrolysis) is 1. The summed E-state index contributed by atoms with van der Waals surface area (Å²) in [5.41, 5.74) is 1.81. The highest BCUT2D eigenvalue weighted by Gasteiger charge is 2.02. The summed E-state index contributed by atoms with van der Waals surface area (Å²) in [6.45, 7) is 0.753. The number of nitrogens with one attached hydrogen (secondary N) is 1. The third-order valence-corrected chi connectivity index (χ3v) is 3.91. The van der Waals surface area contributed by atoms with E-state index in [2.05, 4.69) is 5.32 Å². The minimum absolute atomic E-state index is 0.265. The predicted molar refractivity (Wildman–Crippen MR) is 94.7 cm³/mol. The van der Waals surface area contributed by atoms with E-state index >= 15 is 0 Å². The first-order valence-corrected chi connectivity index (χ1v) is 7.97. The smallest absolute Gasteiger partial charge is 0.407 e. The van der Waals surface area contributed by atoms with Crippen molar-refractivity contribution in [3.8, 4) is 0 Å². The Hall–Kier alpha value is -1.97. The van der Waals surface area contributed by atoms with Gasteiger partial charge in [0, 0.05) is 6.54 Å². The molecule has 0 fully saturated rings. The zero-order valence-electron chi connectivity index (χ0n) is 12.5. The van der Waals surface area contributed by atoms with E-state index in [1.807, 2.05) is 54.6 Å². The van der Waals surface area contributed by atoms with Crippen molar-refractivity contribution >= 4 is 35.4 Å². The van der Waals surface area contributed by atoms with Gasteiger partial charge in [0.05, 0.1) is 10.0 Å². The molecular weight excluding hydrogens is 333 g/mol. The van der Waals surface area contributed by atoms with Crippen molar-refractivity contribution in [1.82, 2.24) is 5.32 Å². The van der Waals surface area contributed by atoms with Gasteiger partial charge in [-0.3, -0.25) is 0 Å². The lowest BCUT2D eigenvalue weighted by Crippen LogP contribution is -2.24. The van der Waals surface area contributed by atoms with Crippen LogP contribution in [0.1, 0.15) is 17.5 Å². The average molecular weight is 350 g/mol. The van der Waals surface area contributed by atoms with E-state index < -0.39 is 6.09 Å². The van der Waals surface area contributed by atoms with Crippen LogP contribution in [0.2, 0.25) is 10.0 Å². The Balaban J connectivity index is 1.67. The Bertz CT molecular complexity index is 672. The maximum atomic E-state index is 11.6. The number of carbonyl (C=O) groups is 1. The zero-order chi connectivity index (χ0) is 16.5. The van der Waals surface area contributed by atoms with Gasteiger partial charge in [-0.15, -0.1) is 0 Å². The third-order valence-electron chi connectivity index (χ3n) is 3.07. The highest BCUT2D eigenvalue weighted by atomic mass is 35.5. The van der Waals surface area contributed by atoms with E-state index in [0.717, 1.165) is 11.1 Å². The maximum absolute atomic E-state index is 11.6. The van der Waals surface area contributed by atoms with Crippen LogP contribution in [0, 0.1) is 0 Å². The van der Waals surface area contributed by atoms with E-state index in [1.165, 1.54) is 0 Å². The molecule has 0 saturated heterocycles. The van der Waals surface area contributed by atoms with Crippen molar-refractivity contribution < 1.29 is 9.53 Å². The highest BCUT2D eigenvalue weighted by molar-refractivity contribution is 6.42. The van der Waals surface area contributed by atoms with Gasteiger partial charge < -0.3 is 10.1 Å². The number of halogens is 2. The lowest BCUT2D eigenvalue weighted by atomic mass is 10.2. The molecule has 23 heavy (non-hydrogen) atoms. The number of benzene rings is 2. The number of ether oxygens (including phenoxy) is 1. The molecule has 3 nitrogen and oxygen atoms in total. The highest BCUT2D eigenvalue weighted by Crippen LogP contribution is 2.26. The summed E-state index contributed by atoms with van der Waals surface area (Å²) in [6, 6.07) is 15.0. The van der Waals surface area contributed by atoms with E-state index in [1.54, 1.807) is 6.07 Å². The molecule has 0 bridgehead atoms. The summed E-state index contributed by atoms with van der Waals surface area (Å²) in [7, 11) is 0. The summed E-state index contributed by atoms with van der Waals surface area (Å²) in [4.78, 5) is 11.6. The van der Waals surface area contributed by atoms with Crippen molar-refractivity contribution in [3.05, 3.63) is 75.8 Å². The molecule has 0 aliphatic heterocycles. The second kappa shape index (κ2) is 9.23. The first-order valence-electron chi connectivity index (χ1n) is 7.22. The van der Waals surface area contributed by atoms with E-state index in [9.17, 15) is 4.79 Å². The van der Waals surface area contributed by atoms with E-state index in [4.69, 9.17) is 27.9 Å². The van der Waals surface area contributed by atoms with Crippen molar-refractivity contribution in [3.63, 3.8) is 0 Å². The first-order chi connectivity index (χ1) is 11.2. The van der Waals surface area contributed by atoms with Gasteiger partial charge in [0.25, 0.3) is 0 Å². The average Bonchev–Trinajstić information content (AvgIpc) is 2.57. The molecule has 0 spiro atoms. The maximum Gasteiger partial charge on any atom is 0.407 e. The predicted octanol–water partition coefficient (Wildman–Crippen LogP) is 5.32. The molecule has 0 unspecified atom stereocenters. The Labute approximate surface area is 145 Å². The summed E-state index contributed by atoms with van der Waals surface area (Å²) in [5.74, 6) is 0. The number of hydrogen-bond donors (Lipinski definition) is 1. The Morgan fingerprint density at radius 3 is 2.65 bits per heavy atom. The molecule has 0 aromatic heterocycles. The van der Waals surface area contributed by atoms with Crippen LogP contribution in [0.25, 0.3) is 6.08 Å². The molecule has 1 amide bonds. The third kappa shape index (κ3) is 5.97. The van der Waals surface area contributed by atoms with Gasteiger partial charge in [-0.1, -0.05) is 77.8 Å². The molecule has 5 heteroatoms. The number of hydrogen-bond acceptors (Lipinski definition) is 2. The molecule has 0 aliphatic rings. The van der Waals surface area contributed by atoms with Crippen molar-refractivity contribution in [2.75, 3.05) is 6.54 Å². The monoisotopic (exact) mass is 349 g/mol. The standard InChI is InChI=1S/C18H17Cl2NO2/c19-16-11-6-10-15(17(16)20)9-4-5-12-21-18(22)23-13-14-7-2-1-3-8-14/h1-4,6-11H,5,12-13H2,(H,21,22). The van der Waals surface area contributed by atoms with Crippen molar-refractivity contribution in [2.45, 2.75) is 13.0 Å². The molecule has 0 saturated carbocycles. The second-order valence-electron chi connectivity index (χ2n) is 4.82. The first kappa shape index (κ1) is 17.4. The second-order valence-corrected chi connectivity index (χ2v) is 5.61. The van der Waals surface area contributed by atoms with Crippen LogP contribution >= 0.6 is 23.2 Å². The van der Waals surface area contributed by atoms with Gasteiger partial charge in [0.2, 0.25) is 0 Å². The fourth-order valence-electron chi connectivity index (χ4n) is 1.89. The fourth-order valence-corrected chi connectivity index (χ4v) is 2.26. The molecule has 1 N–H and O–H groups in total. The molecule has 2 aromatic carbocycles. The van der Waals surface area contributed by atoms with Gasteiger partial charge >= 0.3 is 6.09 Å². The number of rotatable bonds is 6. The van der Waals surface area contributed by atoms with Gasteiger partial charge in [0.15, 0.2) is 0 Å². The number of carbonyl (C=O) groups excluding carboxylic acids is 1. The SMILES string of the molecule is O=C(NCCC=Cc1cccc(Cl)c1Cl)OCc1ccccc1. The van der Waals surface area contributed by atoms with Gasteiger partial charge in [-0.05, 0) is 23.6 Å². The van der Waals surface area contributed by atoms with Crippen LogP contribution in [-0.2, 0) is 11.3 Å². The van der Waals surface area contributed by atoms with E-state index in [0.29, 0.717) is 23.0 Å². The molecule has 120 valence electrons. The number of amides is 1. The Morgan fingerprint density at radius 1 is 1.09 bits per heavy atom. The Morgan fingerprint density at radius 2 is 1.87 bits per heavy atom. The largest absolute Gasteiger partial charge is 0.445 e. The van der Waals surface area contributed by atoms with Crippen molar-refractivity contribution in [2.24, 2.45) is 0 Å². The molecule has 0 aliphatic carbocycles. The van der Waals surface area contributed by atoms with Gasteiger partial charge in [0.1, 0.15) is 6.61 Å². The molecule has 0 atom stereocenters. The molecule has 2 rings (SSSR count). The minimum Gasteiger partial charge on any atom is -0.445 e. The van der Waals surface area contributed by atoms with Crippen LogP contribution < -0.4 is 5.32 Å². The zero-order valence-corrected chi connectivity index (χ0v) is 14.0. The Kier molecular flexibility index (Phi) is 6.98. The fraction of sp³-hybridized carbons (Fsp3) is 0.167. The van der Waals surface area contributed by atoms with Crippen LogP contribution in [0.15, 0.2) is 54.6 Å². The quantitative estimate of drug-likeness (QED) is 0.716. The van der Waals surface area contributed by atoms with E-state index in [-0.39, 0.29) is 6.61 Å². The van der Waals surface area contributed by atoms with Crippen molar-refractivity contribution in [1.29, 1.82) is 0 Å². The van der Waals surface area contributed by atoms with Crippen LogP contribution in [-0.4, -0.2) is 12.6 Å². The van der Waals surface area contributed by atoms with Gasteiger partial charge in [-0.25, -0.2) is 4.79 Å². The summed E-state index contributed by atoms with van der Waals surface area (Å²) >= 11 is 12.0. The molecular formula is C18H17Cl2NO2. The van der Waals surface area contributed by atoms with Crippen LogP contribution in [0.3, 0.4) is 0 Å². The normalized spacial score (nSPS) is 10.7. The summed E-state index contributed by atoms with van der Waals surface area (Å²) in [6.07, 6.45) is 4.05. The summed E-state index contributed by atoms with van der Waals surface area (Å²) in [5, 5.41) is 3.75. The topological polar surface area (TPSA) is 38.3 Å². The molecule has 0 heterocycles. The lowest BCUT2D eigenvalue weighted by molar-refractivity contribution is 0.140. The summed E-state index contributed by atoms with van der Waals surface area (Å²) < 4.78 is 5.12. The van der Waals surface area contributed by atoms with Crippen LogP contribution in [0.5, 0.6) is 0 Å².